The van der Waals surface area contributed by atoms with E-state index in [0.29, 0.717) is 29.6 Å². The third kappa shape index (κ3) is 4.88. The van der Waals surface area contributed by atoms with E-state index < -0.39 is 0 Å². The van der Waals surface area contributed by atoms with Crippen LogP contribution >= 0.6 is 0 Å². The molecule has 4 rings (SSSR count). The van der Waals surface area contributed by atoms with Crippen molar-refractivity contribution in [2.45, 2.75) is 6.61 Å². The van der Waals surface area contributed by atoms with Gasteiger partial charge in [-0.3, -0.25) is 0 Å². The molecule has 0 aliphatic rings. The number of hydrogen-bond acceptors (Lipinski definition) is 7. The van der Waals surface area contributed by atoms with E-state index in [-0.39, 0.29) is 0 Å². The van der Waals surface area contributed by atoms with Crippen LogP contribution < -0.4 is 15.4 Å². The molecule has 7 nitrogen and oxygen atoms in total. The van der Waals surface area contributed by atoms with Crippen LogP contribution in [0.15, 0.2) is 85.1 Å². The average molecular weight is 394 g/mol. The number of nitrogens with zero attached hydrogens (tertiary/aromatic N) is 4. The summed E-state index contributed by atoms with van der Waals surface area (Å²) in [5.41, 5.74) is 3.10. The lowest BCUT2D eigenvalue weighted by Gasteiger charge is -2.10. The van der Waals surface area contributed by atoms with Gasteiger partial charge in [0.05, 0.1) is 17.4 Å². The molecule has 0 radical (unpaired) electrons. The number of rotatable bonds is 7. The van der Waals surface area contributed by atoms with Gasteiger partial charge in [0, 0.05) is 5.69 Å². The fourth-order valence-corrected chi connectivity index (χ4v) is 2.75. The summed E-state index contributed by atoms with van der Waals surface area (Å²) in [5, 5.41) is 23.4. The highest BCUT2D eigenvalue weighted by atomic mass is 16.5. The van der Waals surface area contributed by atoms with E-state index >= 15 is 0 Å². The molecule has 0 bridgehead atoms. The Labute approximate surface area is 174 Å². The molecule has 7 heteroatoms. The molecule has 4 aromatic rings. The van der Waals surface area contributed by atoms with Crippen molar-refractivity contribution in [1.29, 1.82) is 5.26 Å². The van der Waals surface area contributed by atoms with Gasteiger partial charge in [-0.2, -0.15) is 15.3 Å². The summed E-state index contributed by atoms with van der Waals surface area (Å²) in [7, 11) is 0. The van der Waals surface area contributed by atoms with Gasteiger partial charge >= 0.3 is 0 Å². The zero-order valence-electron chi connectivity index (χ0n) is 16.0. The van der Waals surface area contributed by atoms with Gasteiger partial charge in [0.2, 0.25) is 5.95 Å². The standard InChI is InChI=1S/C23H18N6O/c24-14-18-8-4-5-9-21(18)27-22-15-25-29-23(28-22)26-19-10-12-20(13-11-19)30-16-17-6-2-1-3-7-17/h1-13,15H,16H2,(H2,26,27,28,29). The molecule has 1 heterocycles. The van der Waals surface area contributed by atoms with Crippen LogP contribution in [0.4, 0.5) is 23.1 Å². The van der Waals surface area contributed by atoms with Crippen LogP contribution in [-0.2, 0) is 6.61 Å². The van der Waals surface area contributed by atoms with E-state index in [1.54, 1.807) is 6.07 Å². The fraction of sp³-hybridized carbons (Fsp3) is 0.0435. The number of nitriles is 1. The van der Waals surface area contributed by atoms with E-state index in [4.69, 9.17) is 4.74 Å². The Hall–Kier alpha value is -4.44. The first-order chi connectivity index (χ1) is 14.8. The maximum atomic E-state index is 9.21. The van der Waals surface area contributed by atoms with E-state index in [0.717, 1.165) is 17.0 Å². The Morgan fingerprint density at radius 3 is 2.43 bits per heavy atom. The predicted molar refractivity (Wildman–Crippen MR) is 115 cm³/mol. The lowest BCUT2D eigenvalue weighted by molar-refractivity contribution is 0.306. The topological polar surface area (TPSA) is 95.8 Å². The summed E-state index contributed by atoms with van der Waals surface area (Å²) in [6.45, 7) is 0.512. The molecule has 0 fully saturated rings. The molecule has 3 aromatic carbocycles. The highest BCUT2D eigenvalue weighted by Gasteiger charge is 2.05. The lowest BCUT2D eigenvalue weighted by atomic mass is 10.2. The van der Waals surface area contributed by atoms with Crippen molar-refractivity contribution in [3.05, 3.63) is 96.2 Å². The van der Waals surface area contributed by atoms with E-state index in [2.05, 4.69) is 31.9 Å². The normalized spacial score (nSPS) is 10.1. The van der Waals surface area contributed by atoms with Crippen molar-refractivity contribution in [3.8, 4) is 11.8 Å². The van der Waals surface area contributed by atoms with Crippen molar-refractivity contribution in [2.75, 3.05) is 10.6 Å². The monoisotopic (exact) mass is 394 g/mol. The molecule has 0 unspecified atom stereocenters. The Morgan fingerprint density at radius 1 is 0.867 bits per heavy atom. The van der Waals surface area contributed by atoms with E-state index in [1.165, 1.54) is 6.20 Å². The van der Waals surface area contributed by atoms with Gasteiger partial charge in [0.15, 0.2) is 5.82 Å². The maximum Gasteiger partial charge on any atom is 0.249 e. The van der Waals surface area contributed by atoms with Gasteiger partial charge in [-0.25, -0.2) is 0 Å². The van der Waals surface area contributed by atoms with Gasteiger partial charge in [-0.05, 0) is 42.0 Å². The molecule has 0 amide bonds. The highest BCUT2D eigenvalue weighted by Crippen LogP contribution is 2.21. The Morgan fingerprint density at radius 2 is 1.63 bits per heavy atom. The first kappa shape index (κ1) is 18.9. The molecular weight excluding hydrogens is 376 g/mol. The minimum absolute atomic E-state index is 0.340. The number of nitrogens with one attached hydrogen (secondary N) is 2. The Balaban J connectivity index is 1.39. The predicted octanol–water partition coefficient (Wildman–Crippen LogP) is 4.81. The molecule has 146 valence electrons. The SMILES string of the molecule is N#Cc1ccccc1Nc1cnnc(Nc2ccc(OCc3ccccc3)cc2)n1. The average Bonchev–Trinajstić information content (AvgIpc) is 2.80. The molecule has 0 spiro atoms. The van der Waals surface area contributed by atoms with Gasteiger partial charge in [0.1, 0.15) is 18.4 Å². The van der Waals surface area contributed by atoms with Crippen LogP contribution in [0.2, 0.25) is 0 Å². The van der Waals surface area contributed by atoms with Crippen LogP contribution in [0.25, 0.3) is 0 Å². The quantitative estimate of drug-likeness (QED) is 0.464. The van der Waals surface area contributed by atoms with Crippen molar-refractivity contribution in [1.82, 2.24) is 15.2 Å². The van der Waals surface area contributed by atoms with Crippen LogP contribution in [0.5, 0.6) is 5.75 Å². The Bertz CT molecular complexity index is 1160. The molecule has 0 saturated heterocycles. The van der Waals surface area contributed by atoms with Crippen LogP contribution in [0.3, 0.4) is 0 Å². The van der Waals surface area contributed by atoms with Crippen molar-refractivity contribution < 1.29 is 4.74 Å². The van der Waals surface area contributed by atoms with Gasteiger partial charge in [-0.1, -0.05) is 42.5 Å². The second-order valence-electron chi connectivity index (χ2n) is 6.37. The minimum atomic E-state index is 0.340. The third-order valence-corrected chi connectivity index (χ3v) is 4.23. The van der Waals surface area contributed by atoms with Crippen molar-refractivity contribution in [2.24, 2.45) is 0 Å². The van der Waals surface area contributed by atoms with Crippen LogP contribution in [0, 0.1) is 11.3 Å². The summed E-state index contributed by atoms with van der Waals surface area (Å²) in [6.07, 6.45) is 1.50. The van der Waals surface area contributed by atoms with Crippen LogP contribution in [-0.4, -0.2) is 15.2 Å². The number of aromatic nitrogens is 3. The summed E-state index contributed by atoms with van der Waals surface area (Å²) in [6, 6.07) is 26.9. The van der Waals surface area contributed by atoms with Gasteiger partial charge in [0.25, 0.3) is 0 Å². The van der Waals surface area contributed by atoms with E-state index in [1.807, 2.05) is 72.8 Å². The fourth-order valence-electron chi connectivity index (χ4n) is 2.75. The molecular formula is C23H18N6O. The Kier molecular flexibility index (Phi) is 5.78. The minimum Gasteiger partial charge on any atom is -0.489 e. The number of para-hydroxylation sites is 1. The highest BCUT2D eigenvalue weighted by molar-refractivity contribution is 5.65. The second-order valence-corrected chi connectivity index (χ2v) is 6.37. The van der Waals surface area contributed by atoms with Crippen LogP contribution in [0.1, 0.15) is 11.1 Å². The zero-order chi connectivity index (χ0) is 20.6. The van der Waals surface area contributed by atoms with Crippen molar-refractivity contribution >= 4 is 23.1 Å². The number of hydrogen-bond donors (Lipinski definition) is 2. The second kappa shape index (κ2) is 9.17. The summed E-state index contributed by atoms with van der Waals surface area (Å²) < 4.78 is 5.80. The molecule has 1 aromatic heterocycles. The molecule has 2 N–H and O–H groups in total. The first-order valence-corrected chi connectivity index (χ1v) is 9.30. The molecule has 0 aliphatic heterocycles. The number of ether oxygens (including phenoxy) is 1. The smallest absolute Gasteiger partial charge is 0.249 e. The molecule has 30 heavy (non-hydrogen) atoms. The maximum absolute atomic E-state index is 9.21. The van der Waals surface area contributed by atoms with Gasteiger partial charge < -0.3 is 15.4 Å². The number of benzene rings is 3. The van der Waals surface area contributed by atoms with E-state index in [9.17, 15) is 5.26 Å². The largest absolute Gasteiger partial charge is 0.489 e. The summed E-state index contributed by atoms with van der Waals surface area (Å²) >= 11 is 0. The summed E-state index contributed by atoms with van der Waals surface area (Å²) in [5.74, 6) is 1.59. The molecule has 0 atom stereocenters. The third-order valence-electron chi connectivity index (χ3n) is 4.23. The van der Waals surface area contributed by atoms with Gasteiger partial charge in [-0.15, -0.1) is 5.10 Å². The lowest BCUT2D eigenvalue weighted by Crippen LogP contribution is -2.03. The number of anilines is 4. The molecule has 0 saturated carbocycles. The first-order valence-electron chi connectivity index (χ1n) is 9.30. The summed E-state index contributed by atoms with van der Waals surface area (Å²) in [4.78, 5) is 4.40. The zero-order valence-corrected chi connectivity index (χ0v) is 16.0. The molecule has 0 aliphatic carbocycles. The van der Waals surface area contributed by atoms with Crippen molar-refractivity contribution in [3.63, 3.8) is 0 Å².